The molecule has 5 nitrogen and oxygen atoms in total. The molecule has 24 heavy (non-hydrogen) atoms. The van der Waals surface area contributed by atoms with Crippen molar-refractivity contribution in [3.8, 4) is 11.5 Å². The molecule has 0 bridgehead atoms. The van der Waals surface area contributed by atoms with Gasteiger partial charge >= 0.3 is 0 Å². The van der Waals surface area contributed by atoms with Crippen LogP contribution in [0.15, 0.2) is 59.0 Å². The van der Waals surface area contributed by atoms with Gasteiger partial charge in [-0.15, -0.1) is 10.2 Å². The van der Waals surface area contributed by atoms with E-state index in [1.807, 2.05) is 61.5 Å². The molecule has 0 saturated heterocycles. The molecule has 2 aromatic carbocycles. The van der Waals surface area contributed by atoms with Crippen molar-refractivity contribution in [1.29, 1.82) is 0 Å². The summed E-state index contributed by atoms with van der Waals surface area (Å²) in [6, 6.07) is 17.7. The normalized spacial score (nSPS) is 10.5. The third-order valence-corrected chi connectivity index (χ3v) is 3.66. The number of aromatic nitrogens is 2. The molecule has 3 aromatic rings. The second-order valence-corrected chi connectivity index (χ2v) is 5.63. The Morgan fingerprint density at radius 2 is 1.79 bits per heavy atom. The highest BCUT2D eigenvalue weighted by Gasteiger charge is 2.10. The number of carbonyl (C=O) groups excluding carboxylic acids is 1. The van der Waals surface area contributed by atoms with Crippen LogP contribution in [-0.4, -0.2) is 16.1 Å². The van der Waals surface area contributed by atoms with Crippen LogP contribution in [0.2, 0.25) is 0 Å². The van der Waals surface area contributed by atoms with Gasteiger partial charge in [-0.1, -0.05) is 48.0 Å². The predicted octanol–water partition coefficient (Wildman–Crippen LogP) is 3.29. The molecule has 1 aromatic heterocycles. The maximum atomic E-state index is 11.9. The highest BCUT2D eigenvalue weighted by Crippen LogP contribution is 2.18. The van der Waals surface area contributed by atoms with Crippen molar-refractivity contribution >= 4 is 5.91 Å². The number of carbonyl (C=O) groups is 1. The molecule has 1 N–H and O–H groups in total. The van der Waals surface area contributed by atoms with Crippen LogP contribution >= 0.6 is 0 Å². The van der Waals surface area contributed by atoms with Crippen molar-refractivity contribution < 1.29 is 9.21 Å². The van der Waals surface area contributed by atoms with Gasteiger partial charge in [0.05, 0.1) is 0 Å². The van der Waals surface area contributed by atoms with E-state index in [-0.39, 0.29) is 5.91 Å². The first-order chi connectivity index (χ1) is 11.7. The topological polar surface area (TPSA) is 68.0 Å². The Morgan fingerprint density at radius 3 is 2.54 bits per heavy atom. The van der Waals surface area contributed by atoms with Gasteiger partial charge in [0, 0.05) is 24.9 Å². The average Bonchev–Trinajstić information content (AvgIpc) is 3.09. The van der Waals surface area contributed by atoms with E-state index in [1.54, 1.807) is 0 Å². The lowest BCUT2D eigenvalue weighted by molar-refractivity contribution is -0.121. The summed E-state index contributed by atoms with van der Waals surface area (Å²) in [7, 11) is 0. The molecule has 0 aliphatic heterocycles. The standard InChI is InChI=1S/C19H19N3O2/c1-14-7-9-16(10-8-14)19-22-21-18(24-19)12-11-17(23)20-13-15-5-3-2-4-6-15/h2-10H,11-13H2,1H3,(H,20,23). The molecule has 0 spiro atoms. The second kappa shape index (κ2) is 7.55. The van der Waals surface area contributed by atoms with E-state index in [0.717, 1.165) is 11.1 Å². The zero-order valence-corrected chi connectivity index (χ0v) is 13.5. The first-order valence-electron chi connectivity index (χ1n) is 7.91. The number of hydrogen-bond acceptors (Lipinski definition) is 4. The Kier molecular flexibility index (Phi) is 5.01. The summed E-state index contributed by atoms with van der Waals surface area (Å²) >= 11 is 0. The number of hydrogen-bond donors (Lipinski definition) is 1. The fourth-order valence-corrected chi connectivity index (χ4v) is 2.27. The van der Waals surface area contributed by atoms with Gasteiger partial charge in [0.1, 0.15) is 0 Å². The van der Waals surface area contributed by atoms with E-state index in [9.17, 15) is 4.79 Å². The molecule has 0 saturated carbocycles. The predicted molar refractivity (Wildman–Crippen MR) is 91.1 cm³/mol. The third kappa shape index (κ3) is 4.29. The van der Waals surface area contributed by atoms with E-state index in [1.165, 1.54) is 5.56 Å². The lowest BCUT2D eigenvalue weighted by atomic mass is 10.1. The number of aryl methyl sites for hydroxylation is 2. The van der Waals surface area contributed by atoms with Gasteiger partial charge in [0.15, 0.2) is 0 Å². The molecule has 0 radical (unpaired) electrons. The van der Waals surface area contributed by atoms with Crippen molar-refractivity contribution in [3.05, 3.63) is 71.6 Å². The van der Waals surface area contributed by atoms with Gasteiger partial charge in [-0.25, -0.2) is 0 Å². The highest BCUT2D eigenvalue weighted by molar-refractivity contribution is 5.76. The zero-order valence-electron chi connectivity index (χ0n) is 13.5. The van der Waals surface area contributed by atoms with E-state index in [2.05, 4.69) is 15.5 Å². The quantitative estimate of drug-likeness (QED) is 0.756. The van der Waals surface area contributed by atoms with Gasteiger partial charge in [-0.05, 0) is 24.6 Å². The smallest absolute Gasteiger partial charge is 0.247 e. The maximum absolute atomic E-state index is 11.9. The van der Waals surface area contributed by atoms with Crippen molar-refractivity contribution in [3.63, 3.8) is 0 Å². The SMILES string of the molecule is Cc1ccc(-c2nnc(CCC(=O)NCc3ccccc3)o2)cc1. The van der Waals surface area contributed by atoms with E-state index >= 15 is 0 Å². The molecule has 0 aliphatic rings. The highest BCUT2D eigenvalue weighted by atomic mass is 16.4. The summed E-state index contributed by atoms with van der Waals surface area (Å²) in [6.45, 7) is 2.55. The summed E-state index contributed by atoms with van der Waals surface area (Å²) in [6.07, 6.45) is 0.752. The molecule has 0 atom stereocenters. The van der Waals surface area contributed by atoms with Gasteiger partial charge < -0.3 is 9.73 Å². The van der Waals surface area contributed by atoms with Crippen molar-refractivity contribution in [1.82, 2.24) is 15.5 Å². The fourth-order valence-electron chi connectivity index (χ4n) is 2.27. The molecule has 0 fully saturated rings. The molecule has 3 rings (SSSR count). The van der Waals surface area contributed by atoms with Gasteiger partial charge in [0.25, 0.3) is 0 Å². The van der Waals surface area contributed by atoms with Crippen molar-refractivity contribution in [2.24, 2.45) is 0 Å². The molecule has 0 aliphatic carbocycles. The van der Waals surface area contributed by atoms with Gasteiger partial charge in [-0.3, -0.25) is 4.79 Å². The van der Waals surface area contributed by atoms with Crippen LogP contribution in [0.3, 0.4) is 0 Å². The number of nitrogens with one attached hydrogen (secondary N) is 1. The largest absolute Gasteiger partial charge is 0.421 e. The summed E-state index contributed by atoms with van der Waals surface area (Å²) in [5, 5.41) is 10.9. The maximum Gasteiger partial charge on any atom is 0.247 e. The monoisotopic (exact) mass is 321 g/mol. The van der Waals surface area contributed by atoms with Gasteiger partial charge in [-0.2, -0.15) is 0 Å². The fraction of sp³-hybridized carbons (Fsp3) is 0.211. The lowest BCUT2D eigenvalue weighted by Crippen LogP contribution is -2.22. The number of rotatable bonds is 6. The molecular formula is C19H19N3O2. The van der Waals surface area contributed by atoms with E-state index in [4.69, 9.17) is 4.42 Å². The first-order valence-corrected chi connectivity index (χ1v) is 7.91. The van der Waals surface area contributed by atoms with E-state index < -0.39 is 0 Å². The zero-order chi connectivity index (χ0) is 16.8. The van der Waals surface area contributed by atoms with Crippen LogP contribution in [-0.2, 0) is 17.8 Å². The number of benzene rings is 2. The molecule has 5 heteroatoms. The van der Waals surface area contributed by atoms with Gasteiger partial charge in [0.2, 0.25) is 17.7 Å². The van der Waals surface area contributed by atoms with Crippen LogP contribution in [0, 0.1) is 6.92 Å². The van der Waals surface area contributed by atoms with Crippen LogP contribution in [0.25, 0.3) is 11.5 Å². The molecule has 122 valence electrons. The summed E-state index contributed by atoms with van der Waals surface area (Å²) in [4.78, 5) is 11.9. The molecule has 0 unspecified atom stereocenters. The number of nitrogens with zero attached hydrogens (tertiary/aromatic N) is 2. The summed E-state index contributed by atoms with van der Waals surface area (Å²) in [5.41, 5.74) is 3.13. The lowest BCUT2D eigenvalue weighted by Gasteiger charge is -2.03. The number of amides is 1. The van der Waals surface area contributed by atoms with Crippen LogP contribution < -0.4 is 5.32 Å². The van der Waals surface area contributed by atoms with Crippen LogP contribution in [0.1, 0.15) is 23.4 Å². The minimum atomic E-state index is -0.0334. The average molecular weight is 321 g/mol. The van der Waals surface area contributed by atoms with Crippen molar-refractivity contribution in [2.75, 3.05) is 0 Å². The molecule has 1 heterocycles. The Bertz CT molecular complexity index is 795. The first kappa shape index (κ1) is 15.9. The van der Waals surface area contributed by atoms with Crippen LogP contribution in [0.4, 0.5) is 0 Å². The molecule has 1 amide bonds. The second-order valence-electron chi connectivity index (χ2n) is 5.63. The van der Waals surface area contributed by atoms with E-state index in [0.29, 0.717) is 31.2 Å². The Balaban J connectivity index is 1.50. The Labute approximate surface area is 140 Å². The third-order valence-electron chi connectivity index (χ3n) is 3.66. The van der Waals surface area contributed by atoms with Crippen molar-refractivity contribution in [2.45, 2.75) is 26.3 Å². The Morgan fingerprint density at radius 1 is 1.04 bits per heavy atom. The summed E-state index contributed by atoms with van der Waals surface area (Å²) in [5.74, 6) is 0.920. The Hall–Kier alpha value is -2.95. The molecular weight excluding hydrogens is 302 g/mol. The minimum absolute atomic E-state index is 0.0334. The summed E-state index contributed by atoms with van der Waals surface area (Å²) < 4.78 is 5.62. The van der Waals surface area contributed by atoms with Crippen LogP contribution in [0.5, 0.6) is 0 Å². The minimum Gasteiger partial charge on any atom is -0.421 e.